The second kappa shape index (κ2) is 5.30. The first-order valence-electron chi connectivity index (χ1n) is 5.43. The highest BCUT2D eigenvalue weighted by atomic mass is 19.1. The Morgan fingerprint density at radius 3 is 2.76 bits per heavy atom. The van der Waals surface area contributed by atoms with Gasteiger partial charge >= 0.3 is 0 Å². The summed E-state index contributed by atoms with van der Waals surface area (Å²) < 4.78 is 18.7. The molecule has 0 aliphatic heterocycles. The molecule has 17 heavy (non-hydrogen) atoms. The minimum absolute atomic E-state index is 0.175. The Morgan fingerprint density at radius 2 is 2.00 bits per heavy atom. The number of benzene rings is 1. The summed E-state index contributed by atoms with van der Waals surface area (Å²) in [4.78, 5) is 4.20. The lowest BCUT2D eigenvalue weighted by atomic mass is 10.3. The first kappa shape index (κ1) is 11.4. The highest BCUT2D eigenvalue weighted by molar-refractivity contribution is 5.38. The van der Waals surface area contributed by atoms with Crippen LogP contribution < -0.4 is 10.1 Å². The lowest BCUT2D eigenvalue weighted by molar-refractivity contribution is 0.428. The molecule has 0 spiro atoms. The molecule has 4 heteroatoms. The Morgan fingerprint density at radius 1 is 1.18 bits per heavy atom. The molecule has 1 N–H and O–H groups in total. The minimum atomic E-state index is -0.400. The monoisotopic (exact) mass is 232 g/mol. The standard InChI is InChI=1S/C13H13FN2O/c1-2-15-12-8-5-9-13(16-12)17-11-7-4-3-6-10(11)14/h3-9H,2H2,1H3,(H,15,16). The van der Waals surface area contributed by atoms with E-state index in [-0.39, 0.29) is 5.75 Å². The van der Waals surface area contributed by atoms with Gasteiger partial charge in [0.1, 0.15) is 5.82 Å². The van der Waals surface area contributed by atoms with Crippen LogP contribution in [0.1, 0.15) is 6.92 Å². The van der Waals surface area contributed by atoms with Gasteiger partial charge in [-0.2, -0.15) is 4.98 Å². The van der Waals surface area contributed by atoms with Crippen LogP contribution in [-0.2, 0) is 0 Å². The van der Waals surface area contributed by atoms with Crippen LogP contribution >= 0.6 is 0 Å². The van der Waals surface area contributed by atoms with Crippen LogP contribution in [0.4, 0.5) is 10.2 Å². The smallest absolute Gasteiger partial charge is 0.221 e. The highest BCUT2D eigenvalue weighted by Gasteiger charge is 2.04. The molecule has 0 bridgehead atoms. The van der Waals surface area contributed by atoms with Crippen molar-refractivity contribution < 1.29 is 9.13 Å². The van der Waals surface area contributed by atoms with Gasteiger partial charge in [-0.15, -0.1) is 0 Å². The van der Waals surface area contributed by atoms with E-state index in [0.29, 0.717) is 11.7 Å². The van der Waals surface area contributed by atoms with E-state index in [1.807, 2.05) is 13.0 Å². The zero-order valence-electron chi connectivity index (χ0n) is 9.48. The van der Waals surface area contributed by atoms with Crippen molar-refractivity contribution in [3.63, 3.8) is 0 Å². The number of hydrogen-bond donors (Lipinski definition) is 1. The van der Waals surface area contributed by atoms with Gasteiger partial charge in [0.25, 0.3) is 0 Å². The molecule has 0 saturated heterocycles. The maximum absolute atomic E-state index is 13.4. The highest BCUT2D eigenvalue weighted by Crippen LogP contribution is 2.23. The van der Waals surface area contributed by atoms with E-state index in [0.717, 1.165) is 6.54 Å². The van der Waals surface area contributed by atoms with Crippen molar-refractivity contribution in [3.8, 4) is 11.6 Å². The third kappa shape index (κ3) is 2.93. The fraction of sp³-hybridized carbons (Fsp3) is 0.154. The summed E-state index contributed by atoms with van der Waals surface area (Å²) in [6, 6.07) is 11.6. The number of hydrogen-bond acceptors (Lipinski definition) is 3. The summed E-state index contributed by atoms with van der Waals surface area (Å²) in [6.07, 6.45) is 0. The van der Waals surface area contributed by atoms with Gasteiger partial charge in [-0.3, -0.25) is 0 Å². The average molecular weight is 232 g/mol. The Kier molecular flexibility index (Phi) is 3.55. The predicted octanol–water partition coefficient (Wildman–Crippen LogP) is 3.44. The Bertz CT molecular complexity index is 502. The summed E-state index contributed by atoms with van der Waals surface area (Å²) in [6.45, 7) is 2.75. The van der Waals surface area contributed by atoms with Crippen molar-refractivity contribution in [3.05, 3.63) is 48.3 Å². The molecule has 1 aromatic heterocycles. The van der Waals surface area contributed by atoms with Gasteiger partial charge in [0.05, 0.1) is 0 Å². The first-order valence-corrected chi connectivity index (χ1v) is 5.43. The molecular formula is C13H13FN2O. The van der Waals surface area contributed by atoms with E-state index < -0.39 is 5.82 Å². The zero-order valence-corrected chi connectivity index (χ0v) is 9.48. The van der Waals surface area contributed by atoms with Crippen molar-refractivity contribution >= 4 is 5.82 Å². The van der Waals surface area contributed by atoms with Crippen molar-refractivity contribution in [1.82, 2.24) is 4.98 Å². The van der Waals surface area contributed by atoms with Gasteiger partial charge in [0.15, 0.2) is 11.6 Å². The normalized spacial score (nSPS) is 10.0. The minimum Gasteiger partial charge on any atom is -0.436 e. The third-order valence-electron chi connectivity index (χ3n) is 2.13. The third-order valence-corrected chi connectivity index (χ3v) is 2.13. The van der Waals surface area contributed by atoms with E-state index >= 15 is 0 Å². The van der Waals surface area contributed by atoms with Gasteiger partial charge in [-0.1, -0.05) is 18.2 Å². The summed E-state index contributed by atoms with van der Waals surface area (Å²) in [5.41, 5.74) is 0. The second-order valence-electron chi connectivity index (χ2n) is 3.42. The number of para-hydroxylation sites is 1. The molecule has 0 saturated carbocycles. The van der Waals surface area contributed by atoms with Crippen LogP contribution in [0.25, 0.3) is 0 Å². The molecule has 2 rings (SSSR count). The van der Waals surface area contributed by atoms with Crippen LogP contribution in [0, 0.1) is 5.82 Å². The molecule has 3 nitrogen and oxygen atoms in total. The molecule has 2 aromatic rings. The lowest BCUT2D eigenvalue weighted by Crippen LogP contribution is -1.99. The molecule has 0 aliphatic carbocycles. The van der Waals surface area contributed by atoms with E-state index in [9.17, 15) is 4.39 Å². The number of pyridine rings is 1. The summed E-state index contributed by atoms with van der Waals surface area (Å²) in [5.74, 6) is 0.853. The first-order chi connectivity index (χ1) is 8.29. The molecule has 0 radical (unpaired) electrons. The molecule has 88 valence electrons. The average Bonchev–Trinajstić information content (AvgIpc) is 2.33. The maximum atomic E-state index is 13.4. The van der Waals surface area contributed by atoms with Gasteiger partial charge in [0, 0.05) is 12.6 Å². The van der Waals surface area contributed by atoms with E-state index in [4.69, 9.17) is 4.74 Å². The number of rotatable bonds is 4. The molecule has 0 fully saturated rings. The lowest BCUT2D eigenvalue weighted by Gasteiger charge is -2.07. The van der Waals surface area contributed by atoms with E-state index in [1.165, 1.54) is 6.07 Å². The summed E-state index contributed by atoms with van der Waals surface area (Å²) in [5, 5.41) is 3.06. The molecular weight excluding hydrogens is 219 g/mol. The molecule has 0 unspecified atom stereocenters. The van der Waals surface area contributed by atoms with E-state index in [2.05, 4.69) is 10.3 Å². The Labute approximate surface area is 99.3 Å². The fourth-order valence-electron chi connectivity index (χ4n) is 1.39. The zero-order chi connectivity index (χ0) is 12.1. The van der Waals surface area contributed by atoms with Crippen molar-refractivity contribution in [2.75, 3.05) is 11.9 Å². The number of halogens is 1. The number of aromatic nitrogens is 1. The fourth-order valence-corrected chi connectivity index (χ4v) is 1.39. The Hall–Kier alpha value is -2.10. The molecule has 1 heterocycles. The maximum Gasteiger partial charge on any atom is 0.221 e. The summed E-state index contributed by atoms with van der Waals surface area (Å²) in [7, 11) is 0. The molecule has 0 amide bonds. The van der Waals surface area contributed by atoms with Crippen LogP contribution in [0.5, 0.6) is 11.6 Å². The van der Waals surface area contributed by atoms with Crippen LogP contribution in [0.3, 0.4) is 0 Å². The van der Waals surface area contributed by atoms with Gasteiger partial charge in [-0.05, 0) is 25.1 Å². The molecule has 1 aromatic carbocycles. The number of anilines is 1. The topological polar surface area (TPSA) is 34.1 Å². The molecule has 0 aliphatic rings. The van der Waals surface area contributed by atoms with Crippen LogP contribution in [-0.4, -0.2) is 11.5 Å². The van der Waals surface area contributed by atoms with Gasteiger partial charge in [0.2, 0.25) is 5.88 Å². The van der Waals surface area contributed by atoms with Crippen molar-refractivity contribution in [2.24, 2.45) is 0 Å². The SMILES string of the molecule is CCNc1cccc(Oc2ccccc2F)n1. The largest absolute Gasteiger partial charge is 0.436 e. The molecule has 0 atom stereocenters. The Balaban J connectivity index is 2.18. The van der Waals surface area contributed by atoms with Crippen molar-refractivity contribution in [2.45, 2.75) is 6.92 Å². The number of nitrogens with zero attached hydrogens (tertiary/aromatic N) is 1. The summed E-state index contributed by atoms with van der Waals surface area (Å²) >= 11 is 0. The quantitative estimate of drug-likeness (QED) is 0.876. The van der Waals surface area contributed by atoms with Crippen molar-refractivity contribution in [1.29, 1.82) is 0 Å². The van der Waals surface area contributed by atoms with Gasteiger partial charge < -0.3 is 10.1 Å². The predicted molar refractivity (Wildman–Crippen MR) is 64.9 cm³/mol. The number of ether oxygens (including phenoxy) is 1. The van der Waals surface area contributed by atoms with E-state index in [1.54, 1.807) is 30.3 Å². The van der Waals surface area contributed by atoms with Crippen LogP contribution in [0.15, 0.2) is 42.5 Å². The van der Waals surface area contributed by atoms with Crippen LogP contribution in [0.2, 0.25) is 0 Å². The second-order valence-corrected chi connectivity index (χ2v) is 3.42. The van der Waals surface area contributed by atoms with Gasteiger partial charge in [-0.25, -0.2) is 4.39 Å². The number of nitrogens with one attached hydrogen (secondary N) is 1.